The summed E-state index contributed by atoms with van der Waals surface area (Å²) in [7, 11) is 0. The van der Waals surface area contributed by atoms with Crippen molar-refractivity contribution >= 4 is 5.78 Å². The molecule has 0 amide bonds. The Morgan fingerprint density at radius 1 is 1.67 bits per heavy atom. The molecule has 0 aromatic carbocycles. The molecule has 1 atom stereocenters. The van der Waals surface area contributed by atoms with Gasteiger partial charge in [0.05, 0.1) is 0 Å². The number of carbonyl (C=O) groups excluding carboxylic acids is 1. The standard InChI is InChI=1S/C9H8N2O/c1-11-9(6-10)7-3-2-4-8(12)5-7/h5,9H,2-4H2. The molecule has 1 unspecified atom stereocenters. The van der Waals surface area contributed by atoms with Gasteiger partial charge in [-0.3, -0.25) is 9.64 Å². The van der Waals surface area contributed by atoms with E-state index in [0.29, 0.717) is 18.4 Å². The highest BCUT2D eigenvalue weighted by molar-refractivity contribution is 5.91. The van der Waals surface area contributed by atoms with Crippen LogP contribution in [0.25, 0.3) is 4.85 Å². The molecule has 3 nitrogen and oxygen atoms in total. The molecule has 0 bridgehead atoms. The van der Waals surface area contributed by atoms with Crippen molar-refractivity contribution in [3.05, 3.63) is 23.1 Å². The molecule has 0 aliphatic heterocycles. The van der Waals surface area contributed by atoms with Crippen molar-refractivity contribution in [2.75, 3.05) is 0 Å². The van der Waals surface area contributed by atoms with Gasteiger partial charge in [-0.05, 0) is 18.9 Å². The van der Waals surface area contributed by atoms with E-state index in [2.05, 4.69) is 4.85 Å². The van der Waals surface area contributed by atoms with Crippen LogP contribution in [-0.4, -0.2) is 11.8 Å². The average molecular weight is 160 g/mol. The lowest BCUT2D eigenvalue weighted by Gasteiger charge is -2.08. The Balaban J connectivity index is 2.82. The fourth-order valence-corrected chi connectivity index (χ4v) is 1.23. The smallest absolute Gasteiger partial charge is 0.295 e. The minimum absolute atomic E-state index is 0.0418. The molecule has 60 valence electrons. The van der Waals surface area contributed by atoms with E-state index in [4.69, 9.17) is 11.8 Å². The normalized spacial score (nSPS) is 18.8. The molecule has 1 aliphatic rings. The molecule has 12 heavy (non-hydrogen) atoms. The van der Waals surface area contributed by atoms with Crippen LogP contribution in [0, 0.1) is 17.9 Å². The first-order valence-electron chi connectivity index (χ1n) is 3.77. The van der Waals surface area contributed by atoms with Crippen LogP contribution in [0.2, 0.25) is 0 Å². The summed E-state index contributed by atoms with van der Waals surface area (Å²) in [6.45, 7) is 6.71. The molecular formula is C9H8N2O. The van der Waals surface area contributed by atoms with Gasteiger partial charge >= 0.3 is 6.04 Å². The molecule has 0 spiro atoms. The van der Waals surface area contributed by atoms with Gasteiger partial charge in [-0.2, -0.15) is 5.26 Å². The average Bonchev–Trinajstić information content (AvgIpc) is 2.07. The maximum atomic E-state index is 10.9. The van der Waals surface area contributed by atoms with Crippen LogP contribution in [0.3, 0.4) is 0 Å². The van der Waals surface area contributed by atoms with Crippen molar-refractivity contribution in [2.24, 2.45) is 0 Å². The topological polar surface area (TPSA) is 45.2 Å². The zero-order valence-corrected chi connectivity index (χ0v) is 6.58. The van der Waals surface area contributed by atoms with E-state index in [-0.39, 0.29) is 5.78 Å². The fourth-order valence-electron chi connectivity index (χ4n) is 1.23. The van der Waals surface area contributed by atoms with Crippen molar-refractivity contribution in [3.8, 4) is 6.07 Å². The summed E-state index contributed by atoms with van der Waals surface area (Å²) in [5.41, 5.74) is 0.684. The van der Waals surface area contributed by atoms with Crippen molar-refractivity contribution < 1.29 is 4.79 Å². The highest BCUT2D eigenvalue weighted by atomic mass is 16.1. The van der Waals surface area contributed by atoms with Gasteiger partial charge < -0.3 is 0 Å². The maximum Gasteiger partial charge on any atom is 0.328 e. The van der Waals surface area contributed by atoms with Crippen LogP contribution < -0.4 is 0 Å². The number of allylic oxidation sites excluding steroid dienone is 1. The van der Waals surface area contributed by atoms with Crippen LogP contribution >= 0.6 is 0 Å². The second-order valence-electron chi connectivity index (χ2n) is 2.70. The number of nitriles is 1. The summed E-state index contributed by atoms with van der Waals surface area (Å²) in [6, 6.07) is 1.13. The first-order chi connectivity index (χ1) is 5.77. The minimum atomic E-state index is -0.741. The van der Waals surface area contributed by atoms with E-state index in [1.54, 1.807) is 0 Å². The van der Waals surface area contributed by atoms with Gasteiger partial charge in [-0.1, -0.05) is 0 Å². The Morgan fingerprint density at radius 3 is 2.92 bits per heavy atom. The minimum Gasteiger partial charge on any atom is -0.295 e. The Labute approximate surface area is 71.1 Å². The molecule has 0 fully saturated rings. The van der Waals surface area contributed by atoms with Gasteiger partial charge in [-0.15, -0.1) is 0 Å². The maximum absolute atomic E-state index is 10.9. The quantitative estimate of drug-likeness (QED) is 0.545. The lowest BCUT2D eigenvalue weighted by molar-refractivity contribution is -0.115. The van der Waals surface area contributed by atoms with Gasteiger partial charge in [0, 0.05) is 12.0 Å². The van der Waals surface area contributed by atoms with Crippen molar-refractivity contribution in [3.63, 3.8) is 0 Å². The molecule has 0 aromatic rings. The SMILES string of the molecule is [C-]#[N+]C(C#N)C1=CC(=O)CCC1. The molecule has 0 saturated carbocycles. The second kappa shape index (κ2) is 3.69. The third-order valence-electron chi connectivity index (χ3n) is 1.84. The first-order valence-corrected chi connectivity index (χ1v) is 3.77. The summed E-state index contributed by atoms with van der Waals surface area (Å²) < 4.78 is 0. The highest BCUT2D eigenvalue weighted by Crippen LogP contribution is 2.19. The first kappa shape index (κ1) is 8.49. The number of nitrogens with zero attached hydrogens (tertiary/aromatic N) is 2. The number of ketones is 1. The Morgan fingerprint density at radius 2 is 2.42 bits per heavy atom. The summed E-state index contributed by atoms with van der Waals surface area (Å²) in [6.07, 6.45) is 3.50. The summed E-state index contributed by atoms with van der Waals surface area (Å²) in [4.78, 5) is 14.1. The molecule has 0 N–H and O–H groups in total. The molecular weight excluding hydrogens is 152 g/mol. The predicted octanol–water partition coefficient (Wildman–Crippen LogP) is 1.48. The summed E-state index contributed by atoms with van der Waals surface area (Å²) in [5.74, 6) is 0.0418. The Kier molecular flexibility index (Phi) is 2.61. The number of carbonyl (C=O) groups is 1. The van der Waals surface area contributed by atoms with Crippen LogP contribution in [0.4, 0.5) is 0 Å². The van der Waals surface area contributed by atoms with E-state index in [1.165, 1.54) is 6.08 Å². The van der Waals surface area contributed by atoms with Crippen LogP contribution in [0.5, 0.6) is 0 Å². The van der Waals surface area contributed by atoms with Gasteiger partial charge in [-0.25, -0.2) is 6.57 Å². The number of hydrogen-bond acceptors (Lipinski definition) is 2. The lowest BCUT2D eigenvalue weighted by atomic mass is 9.94. The van der Waals surface area contributed by atoms with E-state index in [9.17, 15) is 4.79 Å². The Hall–Kier alpha value is -1.61. The van der Waals surface area contributed by atoms with Crippen molar-refractivity contribution in [1.29, 1.82) is 5.26 Å². The van der Waals surface area contributed by atoms with Crippen molar-refractivity contribution in [1.82, 2.24) is 0 Å². The zero-order chi connectivity index (χ0) is 8.97. The number of hydrogen-bond donors (Lipinski definition) is 0. The molecule has 3 heteroatoms. The number of rotatable bonds is 1. The molecule has 0 saturated heterocycles. The van der Waals surface area contributed by atoms with Gasteiger partial charge in [0.25, 0.3) is 0 Å². The van der Waals surface area contributed by atoms with Crippen molar-refractivity contribution in [2.45, 2.75) is 25.3 Å². The molecule has 1 aliphatic carbocycles. The van der Waals surface area contributed by atoms with E-state index >= 15 is 0 Å². The van der Waals surface area contributed by atoms with Gasteiger partial charge in [0.2, 0.25) is 0 Å². The van der Waals surface area contributed by atoms with Crippen LogP contribution in [0.1, 0.15) is 19.3 Å². The lowest BCUT2D eigenvalue weighted by Crippen LogP contribution is -2.10. The Bertz CT molecular complexity index is 289. The monoisotopic (exact) mass is 160 g/mol. The van der Waals surface area contributed by atoms with Crippen LogP contribution in [-0.2, 0) is 4.79 Å². The van der Waals surface area contributed by atoms with Gasteiger partial charge in [0.15, 0.2) is 11.9 Å². The third kappa shape index (κ3) is 1.71. The molecule has 1 rings (SSSR count). The van der Waals surface area contributed by atoms with E-state index in [1.807, 2.05) is 6.07 Å². The fraction of sp³-hybridized carbons (Fsp3) is 0.444. The zero-order valence-electron chi connectivity index (χ0n) is 6.58. The summed E-state index contributed by atoms with van der Waals surface area (Å²) >= 11 is 0. The summed E-state index contributed by atoms with van der Waals surface area (Å²) in [5, 5.41) is 8.55. The predicted molar refractivity (Wildman–Crippen MR) is 42.9 cm³/mol. The van der Waals surface area contributed by atoms with E-state index < -0.39 is 6.04 Å². The molecule has 0 heterocycles. The van der Waals surface area contributed by atoms with Gasteiger partial charge in [0.1, 0.15) is 0 Å². The largest absolute Gasteiger partial charge is 0.328 e. The van der Waals surface area contributed by atoms with Crippen LogP contribution in [0.15, 0.2) is 11.6 Å². The molecule has 0 radical (unpaired) electrons. The molecule has 0 aromatic heterocycles. The second-order valence-corrected chi connectivity index (χ2v) is 2.70. The van der Waals surface area contributed by atoms with E-state index in [0.717, 1.165) is 6.42 Å². The third-order valence-corrected chi connectivity index (χ3v) is 1.84. The highest BCUT2D eigenvalue weighted by Gasteiger charge is 2.21.